The summed E-state index contributed by atoms with van der Waals surface area (Å²) in [4.78, 5) is 25.1. The topological polar surface area (TPSA) is 100 Å². The van der Waals surface area contributed by atoms with Crippen LogP contribution in [0.5, 0.6) is 0 Å². The fourth-order valence-electron chi connectivity index (χ4n) is 2.17. The van der Waals surface area contributed by atoms with E-state index < -0.39 is 4.92 Å². The number of nitro groups is 1. The van der Waals surface area contributed by atoms with Crippen molar-refractivity contribution in [1.82, 2.24) is 10.4 Å². The Balaban J connectivity index is 1.61. The molecule has 2 heterocycles. The van der Waals surface area contributed by atoms with Gasteiger partial charge in [-0.2, -0.15) is 5.10 Å². The molecular formula is C15H12N4O3S. The predicted octanol–water partition coefficient (Wildman–Crippen LogP) is 2.83. The second kappa shape index (κ2) is 6.41. The standard InChI is InChI=1S/C15H12N4O3S/c20-14(6-11-8-16-13-4-2-1-3-12(11)13)18-17-7-10-5-15(19(21)22)23-9-10/h1-5,7-9,16H,6H2,(H,18,20). The number of thiophene rings is 1. The van der Waals surface area contributed by atoms with Crippen LogP contribution in [0.15, 0.2) is 47.0 Å². The molecule has 0 fully saturated rings. The maximum atomic E-state index is 11.9. The van der Waals surface area contributed by atoms with E-state index in [1.54, 1.807) is 11.6 Å². The summed E-state index contributed by atoms with van der Waals surface area (Å²) in [5, 5.41) is 17.0. The van der Waals surface area contributed by atoms with E-state index in [2.05, 4.69) is 15.5 Å². The maximum absolute atomic E-state index is 11.9. The monoisotopic (exact) mass is 328 g/mol. The van der Waals surface area contributed by atoms with Crippen LogP contribution in [0.2, 0.25) is 0 Å². The van der Waals surface area contributed by atoms with E-state index in [4.69, 9.17) is 0 Å². The molecule has 0 aliphatic heterocycles. The molecule has 0 spiro atoms. The average Bonchev–Trinajstić information content (AvgIpc) is 3.15. The molecule has 0 radical (unpaired) electrons. The third-order valence-corrected chi connectivity index (χ3v) is 4.11. The van der Waals surface area contributed by atoms with Gasteiger partial charge in [-0.15, -0.1) is 0 Å². The Labute approximate surface area is 134 Å². The van der Waals surface area contributed by atoms with E-state index in [9.17, 15) is 14.9 Å². The van der Waals surface area contributed by atoms with Gasteiger partial charge >= 0.3 is 5.00 Å². The second-order valence-corrected chi connectivity index (χ2v) is 5.69. The normalized spacial score (nSPS) is 11.1. The quantitative estimate of drug-likeness (QED) is 0.428. The van der Waals surface area contributed by atoms with E-state index in [0.717, 1.165) is 27.8 Å². The van der Waals surface area contributed by atoms with Crippen molar-refractivity contribution in [2.45, 2.75) is 6.42 Å². The summed E-state index contributed by atoms with van der Waals surface area (Å²) in [7, 11) is 0. The van der Waals surface area contributed by atoms with Crippen LogP contribution >= 0.6 is 11.3 Å². The number of H-pyrrole nitrogens is 1. The number of para-hydroxylation sites is 1. The number of aromatic nitrogens is 1. The Bertz CT molecular complexity index is 897. The molecular weight excluding hydrogens is 316 g/mol. The van der Waals surface area contributed by atoms with Crippen molar-refractivity contribution in [3.8, 4) is 0 Å². The van der Waals surface area contributed by atoms with Gasteiger partial charge in [0.15, 0.2) is 0 Å². The summed E-state index contributed by atoms with van der Waals surface area (Å²) in [6.45, 7) is 0. The average molecular weight is 328 g/mol. The molecule has 2 aromatic heterocycles. The highest BCUT2D eigenvalue weighted by atomic mass is 32.1. The molecule has 0 aliphatic carbocycles. The van der Waals surface area contributed by atoms with Crippen LogP contribution in [0.25, 0.3) is 10.9 Å². The number of carbonyl (C=O) groups excluding carboxylic acids is 1. The molecule has 1 aromatic carbocycles. The SMILES string of the molecule is O=C(Cc1c[nH]c2ccccc12)NN=Cc1csc([N+](=O)[O-])c1. The van der Waals surface area contributed by atoms with E-state index in [1.807, 2.05) is 24.3 Å². The van der Waals surface area contributed by atoms with Gasteiger partial charge < -0.3 is 4.98 Å². The van der Waals surface area contributed by atoms with Crippen molar-refractivity contribution in [1.29, 1.82) is 0 Å². The van der Waals surface area contributed by atoms with Crippen LogP contribution in [-0.4, -0.2) is 22.0 Å². The van der Waals surface area contributed by atoms with Gasteiger partial charge in [-0.05, 0) is 11.6 Å². The van der Waals surface area contributed by atoms with Crippen molar-refractivity contribution >= 4 is 39.4 Å². The third kappa shape index (κ3) is 3.43. The fraction of sp³-hybridized carbons (Fsp3) is 0.0667. The number of nitrogens with zero attached hydrogens (tertiary/aromatic N) is 2. The molecule has 0 saturated carbocycles. The summed E-state index contributed by atoms with van der Waals surface area (Å²) in [5.41, 5.74) is 4.87. The van der Waals surface area contributed by atoms with Gasteiger partial charge in [0.05, 0.1) is 17.6 Å². The molecule has 3 aromatic rings. The van der Waals surface area contributed by atoms with Gasteiger partial charge in [-0.25, -0.2) is 5.43 Å². The highest BCUT2D eigenvalue weighted by Gasteiger charge is 2.09. The van der Waals surface area contributed by atoms with Gasteiger partial charge in [-0.1, -0.05) is 29.5 Å². The summed E-state index contributed by atoms with van der Waals surface area (Å²) in [6, 6.07) is 9.13. The van der Waals surface area contributed by atoms with Gasteiger partial charge in [0.1, 0.15) is 0 Å². The molecule has 0 unspecified atom stereocenters. The lowest BCUT2D eigenvalue weighted by molar-refractivity contribution is -0.380. The number of rotatable bonds is 5. The van der Waals surface area contributed by atoms with Crippen molar-refractivity contribution in [3.63, 3.8) is 0 Å². The van der Waals surface area contributed by atoms with E-state index in [-0.39, 0.29) is 17.3 Å². The van der Waals surface area contributed by atoms with E-state index >= 15 is 0 Å². The zero-order valence-corrected chi connectivity index (χ0v) is 12.7. The van der Waals surface area contributed by atoms with E-state index in [0.29, 0.717) is 5.56 Å². The molecule has 8 heteroatoms. The Kier molecular flexibility index (Phi) is 4.15. The lowest BCUT2D eigenvalue weighted by Gasteiger charge is -1.98. The van der Waals surface area contributed by atoms with Crippen LogP contribution in [0, 0.1) is 10.1 Å². The van der Waals surface area contributed by atoms with E-state index in [1.165, 1.54) is 12.3 Å². The predicted molar refractivity (Wildman–Crippen MR) is 88.7 cm³/mol. The zero-order valence-electron chi connectivity index (χ0n) is 11.9. The van der Waals surface area contributed by atoms with Crippen LogP contribution in [0.1, 0.15) is 11.1 Å². The maximum Gasteiger partial charge on any atom is 0.324 e. The second-order valence-electron chi connectivity index (χ2n) is 4.80. The van der Waals surface area contributed by atoms with Gasteiger partial charge in [-0.3, -0.25) is 14.9 Å². The fourth-order valence-corrected chi connectivity index (χ4v) is 2.85. The van der Waals surface area contributed by atoms with Crippen LogP contribution in [0.3, 0.4) is 0 Å². The number of fused-ring (bicyclic) bond motifs is 1. The molecule has 7 nitrogen and oxygen atoms in total. The third-order valence-electron chi connectivity index (χ3n) is 3.21. The number of aromatic amines is 1. The number of hydrogen-bond acceptors (Lipinski definition) is 5. The van der Waals surface area contributed by atoms with Crippen LogP contribution in [-0.2, 0) is 11.2 Å². The molecule has 0 saturated heterocycles. The molecule has 0 aliphatic rings. The Morgan fingerprint density at radius 1 is 1.43 bits per heavy atom. The zero-order chi connectivity index (χ0) is 16.2. The van der Waals surface area contributed by atoms with Crippen molar-refractivity contribution in [3.05, 3.63) is 63.1 Å². The molecule has 3 rings (SSSR count). The first-order valence-electron chi connectivity index (χ1n) is 6.73. The van der Waals surface area contributed by atoms with Crippen molar-refractivity contribution in [2.75, 3.05) is 0 Å². The minimum Gasteiger partial charge on any atom is -0.361 e. The lowest BCUT2D eigenvalue weighted by Crippen LogP contribution is -2.19. The Hall–Kier alpha value is -3.00. The summed E-state index contributed by atoms with van der Waals surface area (Å²) in [5.74, 6) is -0.254. The first-order valence-corrected chi connectivity index (χ1v) is 7.61. The molecule has 0 atom stereocenters. The molecule has 1 amide bonds. The van der Waals surface area contributed by atoms with Gasteiger partial charge in [0, 0.05) is 34.1 Å². The van der Waals surface area contributed by atoms with Gasteiger partial charge in [0.25, 0.3) is 0 Å². The molecule has 2 N–H and O–H groups in total. The molecule has 0 bridgehead atoms. The first kappa shape index (κ1) is 14.9. The van der Waals surface area contributed by atoms with Crippen molar-refractivity contribution in [2.24, 2.45) is 5.10 Å². The number of nitrogens with one attached hydrogen (secondary N) is 2. The Morgan fingerprint density at radius 3 is 3.04 bits per heavy atom. The minimum atomic E-state index is -0.461. The summed E-state index contributed by atoms with van der Waals surface area (Å²) < 4.78 is 0. The summed E-state index contributed by atoms with van der Waals surface area (Å²) in [6.07, 6.45) is 3.39. The highest BCUT2D eigenvalue weighted by Crippen LogP contribution is 2.21. The number of benzene rings is 1. The highest BCUT2D eigenvalue weighted by molar-refractivity contribution is 7.13. The Morgan fingerprint density at radius 2 is 2.26 bits per heavy atom. The number of amides is 1. The number of hydrazone groups is 1. The lowest BCUT2D eigenvalue weighted by atomic mass is 10.1. The van der Waals surface area contributed by atoms with Crippen LogP contribution in [0.4, 0.5) is 5.00 Å². The van der Waals surface area contributed by atoms with Crippen LogP contribution < -0.4 is 5.43 Å². The number of carbonyl (C=O) groups is 1. The first-order chi connectivity index (χ1) is 11.1. The van der Waals surface area contributed by atoms with Crippen molar-refractivity contribution < 1.29 is 9.72 Å². The minimum absolute atomic E-state index is 0.0385. The summed E-state index contributed by atoms with van der Waals surface area (Å²) >= 11 is 1.01. The number of hydrogen-bond donors (Lipinski definition) is 2. The molecule has 23 heavy (non-hydrogen) atoms. The largest absolute Gasteiger partial charge is 0.361 e. The molecule has 116 valence electrons. The smallest absolute Gasteiger partial charge is 0.324 e. The van der Waals surface area contributed by atoms with Gasteiger partial charge in [0.2, 0.25) is 5.91 Å².